The number of amides is 1. The average molecular weight is 273 g/mol. The molecule has 15 heavy (non-hydrogen) atoms. The van der Waals surface area contributed by atoms with Crippen molar-refractivity contribution in [3.05, 3.63) is 22.4 Å². The van der Waals surface area contributed by atoms with Crippen LogP contribution in [0.3, 0.4) is 0 Å². The Balaban J connectivity index is 1.97. The topological polar surface area (TPSA) is 54.1 Å². The van der Waals surface area contributed by atoms with E-state index in [0.717, 1.165) is 17.5 Å². The maximum absolute atomic E-state index is 11.7. The van der Waals surface area contributed by atoms with Crippen molar-refractivity contribution in [3.63, 3.8) is 0 Å². The molecule has 1 aromatic rings. The minimum atomic E-state index is -0.0805. The molecule has 1 aliphatic rings. The Hall–Kier alpha value is -0.810. The molecule has 0 aliphatic carbocycles. The number of H-pyrrole nitrogens is 1. The van der Waals surface area contributed by atoms with Gasteiger partial charge in [0.05, 0.1) is 12.1 Å². The normalized spacial score (nSPS) is 25.5. The number of hydrogen-bond acceptors (Lipinski definition) is 2. The Labute approximate surface area is 96.5 Å². The number of halogens is 1. The van der Waals surface area contributed by atoms with Crippen LogP contribution in [0.15, 0.2) is 16.7 Å². The number of rotatable bonds is 2. The highest BCUT2D eigenvalue weighted by molar-refractivity contribution is 9.10. The molecule has 2 unspecified atom stereocenters. The summed E-state index contributed by atoms with van der Waals surface area (Å²) in [7, 11) is 0. The van der Waals surface area contributed by atoms with Gasteiger partial charge < -0.3 is 15.0 Å². The summed E-state index contributed by atoms with van der Waals surface area (Å²) < 4.78 is 6.25. The average Bonchev–Trinajstić information content (AvgIpc) is 2.77. The first-order chi connectivity index (χ1) is 7.16. The summed E-state index contributed by atoms with van der Waals surface area (Å²) in [5.41, 5.74) is 0.570. The third-order valence-electron chi connectivity index (χ3n) is 2.59. The van der Waals surface area contributed by atoms with E-state index < -0.39 is 0 Å². The number of aromatic amines is 1. The first-order valence-electron chi connectivity index (χ1n) is 4.93. The van der Waals surface area contributed by atoms with E-state index >= 15 is 0 Å². The van der Waals surface area contributed by atoms with Gasteiger partial charge >= 0.3 is 0 Å². The third kappa shape index (κ3) is 2.41. The molecule has 1 aliphatic heterocycles. The Kier molecular flexibility index (Phi) is 3.11. The van der Waals surface area contributed by atoms with Crippen molar-refractivity contribution in [2.24, 2.45) is 0 Å². The maximum Gasteiger partial charge on any atom is 0.268 e. The quantitative estimate of drug-likeness (QED) is 0.861. The Morgan fingerprint density at radius 2 is 2.53 bits per heavy atom. The molecule has 1 saturated heterocycles. The van der Waals surface area contributed by atoms with Gasteiger partial charge in [0.15, 0.2) is 0 Å². The van der Waals surface area contributed by atoms with E-state index in [2.05, 4.69) is 26.2 Å². The lowest BCUT2D eigenvalue weighted by atomic mass is 10.1. The lowest BCUT2D eigenvalue weighted by Gasteiger charge is -2.15. The summed E-state index contributed by atoms with van der Waals surface area (Å²) in [5, 5.41) is 2.94. The van der Waals surface area contributed by atoms with E-state index in [0.29, 0.717) is 5.69 Å². The molecule has 1 amide bonds. The van der Waals surface area contributed by atoms with Gasteiger partial charge in [0, 0.05) is 17.3 Å². The summed E-state index contributed by atoms with van der Waals surface area (Å²) in [6.45, 7) is 2.70. The van der Waals surface area contributed by atoms with Crippen LogP contribution in [0.4, 0.5) is 0 Å². The largest absolute Gasteiger partial charge is 0.376 e. The van der Waals surface area contributed by atoms with Gasteiger partial charge in [0.1, 0.15) is 5.69 Å². The molecule has 1 fully saturated rings. The van der Waals surface area contributed by atoms with Gasteiger partial charge in [-0.2, -0.15) is 0 Å². The smallest absolute Gasteiger partial charge is 0.268 e. The highest BCUT2D eigenvalue weighted by Crippen LogP contribution is 2.14. The molecule has 0 radical (unpaired) electrons. The Morgan fingerprint density at radius 3 is 3.07 bits per heavy atom. The molecule has 0 saturated carbocycles. The number of carbonyl (C=O) groups is 1. The van der Waals surface area contributed by atoms with Gasteiger partial charge in [-0.25, -0.2) is 0 Å². The van der Waals surface area contributed by atoms with Crippen LogP contribution in [-0.4, -0.2) is 29.6 Å². The second kappa shape index (κ2) is 4.37. The molecule has 0 bridgehead atoms. The predicted molar refractivity (Wildman–Crippen MR) is 59.8 cm³/mol. The van der Waals surface area contributed by atoms with Crippen molar-refractivity contribution in [1.82, 2.24) is 10.3 Å². The number of aromatic nitrogens is 1. The number of nitrogens with one attached hydrogen (secondary N) is 2. The van der Waals surface area contributed by atoms with Crippen LogP contribution < -0.4 is 5.32 Å². The van der Waals surface area contributed by atoms with Crippen molar-refractivity contribution >= 4 is 21.8 Å². The fraction of sp³-hybridized carbons (Fsp3) is 0.500. The van der Waals surface area contributed by atoms with Crippen molar-refractivity contribution in [2.45, 2.75) is 25.5 Å². The monoisotopic (exact) mass is 272 g/mol. The van der Waals surface area contributed by atoms with E-state index in [1.54, 1.807) is 12.3 Å². The van der Waals surface area contributed by atoms with Gasteiger partial charge in [-0.15, -0.1) is 0 Å². The molecule has 82 valence electrons. The number of carbonyl (C=O) groups excluding carboxylic acids is 1. The van der Waals surface area contributed by atoms with Crippen LogP contribution in [-0.2, 0) is 4.74 Å². The molecule has 2 atom stereocenters. The Bertz CT molecular complexity index is 364. The Morgan fingerprint density at radius 1 is 1.73 bits per heavy atom. The molecule has 0 spiro atoms. The van der Waals surface area contributed by atoms with Gasteiger partial charge in [-0.05, 0) is 35.3 Å². The molecule has 0 aromatic carbocycles. The lowest BCUT2D eigenvalue weighted by molar-refractivity contribution is 0.0862. The first kappa shape index (κ1) is 10.7. The van der Waals surface area contributed by atoms with Crippen molar-refractivity contribution in [2.75, 3.05) is 6.61 Å². The van der Waals surface area contributed by atoms with Crippen LogP contribution in [0.1, 0.15) is 23.8 Å². The summed E-state index contributed by atoms with van der Waals surface area (Å²) in [5.74, 6) is -0.0805. The minimum Gasteiger partial charge on any atom is -0.376 e. The van der Waals surface area contributed by atoms with Crippen LogP contribution >= 0.6 is 15.9 Å². The molecular weight excluding hydrogens is 260 g/mol. The van der Waals surface area contributed by atoms with E-state index in [-0.39, 0.29) is 18.1 Å². The predicted octanol–water partition coefficient (Wildman–Crippen LogP) is 1.68. The summed E-state index contributed by atoms with van der Waals surface area (Å²) in [4.78, 5) is 14.6. The zero-order chi connectivity index (χ0) is 10.8. The van der Waals surface area contributed by atoms with Crippen LogP contribution in [0, 0.1) is 0 Å². The third-order valence-corrected chi connectivity index (χ3v) is 3.04. The molecule has 4 nitrogen and oxygen atoms in total. The van der Waals surface area contributed by atoms with Crippen LogP contribution in [0.5, 0.6) is 0 Å². The van der Waals surface area contributed by atoms with E-state index in [9.17, 15) is 4.79 Å². The standard InChI is InChI=1S/C10H13BrN2O2/c1-6-8(2-3-15-6)13-10(14)9-4-7(11)5-12-9/h4-6,8,12H,2-3H2,1H3,(H,13,14). The van der Waals surface area contributed by atoms with Gasteiger partial charge in [-0.3, -0.25) is 4.79 Å². The molecular formula is C10H13BrN2O2. The van der Waals surface area contributed by atoms with E-state index in [1.165, 1.54) is 0 Å². The fourth-order valence-electron chi connectivity index (χ4n) is 1.67. The van der Waals surface area contributed by atoms with Gasteiger partial charge in [0.25, 0.3) is 5.91 Å². The second-order valence-corrected chi connectivity index (χ2v) is 4.59. The fourth-order valence-corrected chi connectivity index (χ4v) is 2.01. The number of hydrogen-bond donors (Lipinski definition) is 2. The lowest BCUT2D eigenvalue weighted by Crippen LogP contribution is -2.39. The minimum absolute atomic E-state index is 0.0805. The highest BCUT2D eigenvalue weighted by atomic mass is 79.9. The summed E-state index contributed by atoms with van der Waals surface area (Å²) in [6, 6.07) is 1.88. The number of ether oxygens (including phenoxy) is 1. The van der Waals surface area contributed by atoms with Crippen LogP contribution in [0.2, 0.25) is 0 Å². The maximum atomic E-state index is 11.7. The molecule has 5 heteroatoms. The second-order valence-electron chi connectivity index (χ2n) is 3.68. The first-order valence-corrected chi connectivity index (χ1v) is 5.72. The van der Waals surface area contributed by atoms with Gasteiger partial charge in [0.2, 0.25) is 0 Å². The SMILES string of the molecule is CC1OCCC1NC(=O)c1cc(Br)c[nH]1. The van der Waals surface area contributed by atoms with Gasteiger partial charge in [-0.1, -0.05) is 0 Å². The highest BCUT2D eigenvalue weighted by Gasteiger charge is 2.26. The summed E-state index contributed by atoms with van der Waals surface area (Å²) >= 11 is 3.29. The van der Waals surface area contributed by atoms with Crippen LogP contribution in [0.25, 0.3) is 0 Å². The molecule has 1 aromatic heterocycles. The zero-order valence-electron chi connectivity index (χ0n) is 8.42. The van der Waals surface area contributed by atoms with Crippen molar-refractivity contribution < 1.29 is 9.53 Å². The van der Waals surface area contributed by atoms with Crippen molar-refractivity contribution in [3.8, 4) is 0 Å². The molecule has 2 rings (SSSR count). The molecule has 2 N–H and O–H groups in total. The van der Waals surface area contributed by atoms with E-state index in [4.69, 9.17) is 4.74 Å². The van der Waals surface area contributed by atoms with Crippen molar-refractivity contribution in [1.29, 1.82) is 0 Å². The molecule has 2 heterocycles. The van der Waals surface area contributed by atoms with E-state index in [1.807, 2.05) is 6.92 Å². The summed E-state index contributed by atoms with van der Waals surface area (Å²) in [6.07, 6.45) is 2.73. The zero-order valence-corrected chi connectivity index (χ0v) is 10.0.